The molecule has 92 valence electrons. The van der Waals surface area contributed by atoms with Crippen LogP contribution in [0.5, 0.6) is 5.75 Å². The molecule has 3 N–H and O–H groups in total. The first-order chi connectivity index (χ1) is 8.16. The van der Waals surface area contributed by atoms with E-state index in [0.29, 0.717) is 18.1 Å². The van der Waals surface area contributed by atoms with Gasteiger partial charge in [0, 0.05) is 5.56 Å². The highest BCUT2D eigenvalue weighted by molar-refractivity contribution is 5.95. The molecule has 0 radical (unpaired) electrons. The van der Waals surface area contributed by atoms with Crippen LogP contribution < -0.4 is 10.5 Å². The summed E-state index contributed by atoms with van der Waals surface area (Å²) in [6.07, 6.45) is 2.42. The van der Waals surface area contributed by atoms with Gasteiger partial charge in [0.2, 0.25) is 0 Å². The topological polar surface area (TPSA) is 68.3 Å². The summed E-state index contributed by atoms with van der Waals surface area (Å²) in [5, 5.41) is 7.17. The van der Waals surface area contributed by atoms with Gasteiger partial charge in [-0.2, -0.15) is 0 Å². The fourth-order valence-corrected chi connectivity index (χ4v) is 1.39. The van der Waals surface area contributed by atoms with E-state index in [1.807, 2.05) is 0 Å². The van der Waals surface area contributed by atoms with E-state index in [9.17, 15) is 4.39 Å². The Morgan fingerprint density at radius 1 is 1.47 bits per heavy atom. The molecule has 0 amide bonds. The van der Waals surface area contributed by atoms with E-state index in [0.717, 1.165) is 0 Å². The van der Waals surface area contributed by atoms with Crippen molar-refractivity contribution >= 4 is 5.84 Å². The monoisotopic (exact) mass is 238 g/mol. The third kappa shape index (κ3) is 3.42. The molecule has 2 rings (SSSR count). The Labute approximate surface area is 99.0 Å². The van der Waals surface area contributed by atoms with Crippen molar-refractivity contribution in [1.29, 1.82) is 5.41 Å². The van der Waals surface area contributed by atoms with Crippen LogP contribution in [0.25, 0.3) is 0 Å². The Morgan fingerprint density at radius 2 is 2.24 bits per heavy atom. The lowest BCUT2D eigenvalue weighted by molar-refractivity contribution is 0.00793. The first kappa shape index (κ1) is 11.9. The minimum atomic E-state index is -0.535. The highest BCUT2D eigenvalue weighted by Gasteiger charge is 2.21. The molecule has 1 aliphatic rings. The van der Waals surface area contributed by atoms with Gasteiger partial charge in [-0.1, -0.05) is 0 Å². The van der Waals surface area contributed by atoms with Gasteiger partial charge in [-0.3, -0.25) is 5.41 Å². The van der Waals surface area contributed by atoms with Gasteiger partial charge in [-0.05, 0) is 37.0 Å². The molecule has 4 nitrogen and oxygen atoms in total. The van der Waals surface area contributed by atoms with Crippen LogP contribution in [-0.4, -0.2) is 19.2 Å². The van der Waals surface area contributed by atoms with Crippen molar-refractivity contribution in [2.45, 2.75) is 12.8 Å². The average Bonchev–Trinajstić information content (AvgIpc) is 3.09. The molecule has 1 aromatic carbocycles. The molecule has 0 bridgehead atoms. The van der Waals surface area contributed by atoms with E-state index < -0.39 is 5.82 Å². The van der Waals surface area contributed by atoms with Gasteiger partial charge >= 0.3 is 0 Å². The zero-order chi connectivity index (χ0) is 12.3. The molecule has 1 fully saturated rings. The highest BCUT2D eigenvalue weighted by atomic mass is 19.1. The van der Waals surface area contributed by atoms with Crippen LogP contribution in [0.2, 0.25) is 0 Å². The predicted molar refractivity (Wildman–Crippen MR) is 61.6 cm³/mol. The second kappa shape index (κ2) is 5.14. The summed E-state index contributed by atoms with van der Waals surface area (Å²) in [5.41, 5.74) is 5.59. The number of nitrogens with one attached hydrogen (secondary N) is 1. The van der Waals surface area contributed by atoms with Crippen molar-refractivity contribution in [3.63, 3.8) is 0 Å². The fourth-order valence-electron chi connectivity index (χ4n) is 1.39. The number of hydrogen-bond acceptors (Lipinski definition) is 3. The van der Waals surface area contributed by atoms with Gasteiger partial charge in [0.1, 0.15) is 5.84 Å². The van der Waals surface area contributed by atoms with E-state index in [4.69, 9.17) is 20.6 Å². The Balaban J connectivity index is 1.84. The van der Waals surface area contributed by atoms with Crippen molar-refractivity contribution in [3.05, 3.63) is 29.6 Å². The molecular weight excluding hydrogens is 223 g/mol. The smallest absolute Gasteiger partial charge is 0.189 e. The predicted octanol–water partition coefficient (Wildman–Crippen LogP) is 1.87. The van der Waals surface area contributed by atoms with E-state index in [1.165, 1.54) is 25.0 Å². The minimum Gasteiger partial charge on any atom is -0.464 e. The SMILES string of the molecule is N=C(N)c1ccc(OCOCC2CC2)c(F)c1. The highest BCUT2D eigenvalue weighted by Crippen LogP contribution is 2.28. The molecule has 1 aliphatic carbocycles. The minimum absolute atomic E-state index is 0.0485. The second-order valence-electron chi connectivity index (χ2n) is 4.14. The number of ether oxygens (including phenoxy) is 2. The van der Waals surface area contributed by atoms with Gasteiger partial charge in [-0.15, -0.1) is 0 Å². The first-order valence-electron chi connectivity index (χ1n) is 5.51. The second-order valence-corrected chi connectivity index (χ2v) is 4.14. The van der Waals surface area contributed by atoms with Crippen molar-refractivity contribution in [1.82, 2.24) is 0 Å². The van der Waals surface area contributed by atoms with Crippen molar-refractivity contribution in [2.24, 2.45) is 11.7 Å². The van der Waals surface area contributed by atoms with E-state index in [-0.39, 0.29) is 18.4 Å². The summed E-state index contributed by atoms with van der Waals surface area (Å²) in [6, 6.07) is 4.17. The Kier molecular flexibility index (Phi) is 3.58. The van der Waals surface area contributed by atoms with Crippen LogP contribution >= 0.6 is 0 Å². The summed E-state index contributed by atoms with van der Waals surface area (Å²) in [7, 11) is 0. The lowest BCUT2D eigenvalue weighted by Gasteiger charge is -2.08. The number of nitrogen functional groups attached to an aromatic ring is 1. The molecule has 0 heterocycles. The number of benzene rings is 1. The van der Waals surface area contributed by atoms with Crippen molar-refractivity contribution in [2.75, 3.05) is 13.4 Å². The maximum Gasteiger partial charge on any atom is 0.189 e. The van der Waals surface area contributed by atoms with Gasteiger partial charge in [0.05, 0.1) is 6.61 Å². The van der Waals surface area contributed by atoms with Crippen LogP contribution in [0.3, 0.4) is 0 Å². The molecule has 0 aliphatic heterocycles. The fraction of sp³-hybridized carbons (Fsp3) is 0.417. The van der Waals surface area contributed by atoms with Gasteiger partial charge < -0.3 is 15.2 Å². The molecule has 0 saturated heterocycles. The largest absolute Gasteiger partial charge is 0.464 e. The standard InChI is InChI=1S/C12H15FN2O2/c13-10-5-9(12(14)15)3-4-11(10)17-7-16-6-8-1-2-8/h3-5,8H,1-2,6-7H2,(H3,14,15). The molecule has 0 atom stereocenters. The molecular formula is C12H15FN2O2. The van der Waals surface area contributed by atoms with E-state index in [1.54, 1.807) is 6.07 Å². The zero-order valence-corrected chi connectivity index (χ0v) is 9.41. The van der Waals surface area contributed by atoms with Gasteiger partial charge in [0.25, 0.3) is 0 Å². The van der Waals surface area contributed by atoms with Crippen LogP contribution in [0, 0.1) is 17.1 Å². The molecule has 0 unspecified atom stereocenters. The van der Waals surface area contributed by atoms with Crippen LogP contribution in [0.15, 0.2) is 18.2 Å². The van der Waals surface area contributed by atoms with Crippen LogP contribution in [0.4, 0.5) is 4.39 Å². The molecule has 1 saturated carbocycles. The number of hydrogen-bond donors (Lipinski definition) is 2. The lowest BCUT2D eigenvalue weighted by atomic mass is 10.2. The number of rotatable bonds is 6. The summed E-state index contributed by atoms with van der Waals surface area (Å²) in [5.74, 6) is 0.0717. The Morgan fingerprint density at radius 3 is 2.82 bits per heavy atom. The lowest BCUT2D eigenvalue weighted by Crippen LogP contribution is -2.12. The third-order valence-electron chi connectivity index (χ3n) is 2.59. The van der Waals surface area contributed by atoms with Crippen molar-refractivity contribution in [3.8, 4) is 5.75 Å². The van der Waals surface area contributed by atoms with E-state index >= 15 is 0 Å². The van der Waals surface area contributed by atoms with Gasteiger partial charge in [-0.25, -0.2) is 4.39 Å². The molecule has 0 spiro atoms. The van der Waals surface area contributed by atoms with Crippen molar-refractivity contribution < 1.29 is 13.9 Å². The Hall–Kier alpha value is -1.62. The first-order valence-corrected chi connectivity index (χ1v) is 5.51. The maximum absolute atomic E-state index is 13.5. The summed E-state index contributed by atoms with van der Waals surface area (Å²) >= 11 is 0. The summed E-state index contributed by atoms with van der Waals surface area (Å²) in [6.45, 7) is 0.722. The zero-order valence-electron chi connectivity index (χ0n) is 9.41. The molecule has 1 aromatic rings. The number of nitrogens with two attached hydrogens (primary N) is 1. The average molecular weight is 238 g/mol. The Bertz CT molecular complexity index is 419. The van der Waals surface area contributed by atoms with Crippen LogP contribution in [-0.2, 0) is 4.74 Å². The summed E-state index contributed by atoms with van der Waals surface area (Å²) in [4.78, 5) is 0. The maximum atomic E-state index is 13.5. The normalized spacial score (nSPS) is 14.6. The number of amidine groups is 1. The van der Waals surface area contributed by atoms with Gasteiger partial charge in [0.15, 0.2) is 18.4 Å². The van der Waals surface area contributed by atoms with E-state index in [2.05, 4.69) is 0 Å². The molecule has 5 heteroatoms. The quantitative estimate of drug-likeness (QED) is 0.344. The van der Waals surface area contributed by atoms with Crippen LogP contribution in [0.1, 0.15) is 18.4 Å². The molecule has 0 aromatic heterocycles. The third-order valence-corrected chi connectivity index (χ3v) is 2.59. The molecule has 17 heavy (non-hydrogen) atoms. The summed E-state index contributed by atoms with van der Waals surface area (Å²) < 4.78 is 23.9. The number of halogens is 1.